The minimum atomic E-state index is -0.374. The standard InChI is InChI=1S/C18H23N3O3/c1-13-5-2-3-7-17(13)24-12-11-19-15-8-9-16(21(22)23)14-6-4-10-20-18(14)15/h4,6,8-10,13,17,19H,2-3,5,7,11-12H2,1H3/t13-,17-/m0/s1. The molecule has 2 aromatic rings. The molecular weight excluding hydrogens is 306 g/mol. The fraction of sp³-hybridized carbons (Fsp3) is 0.500. The number of aromatic nitrogens is 1. The van der Waals surface area contributed by atoms with Crippen molar-refractivity contribution >= 4 is 22.3 Å². The summed E-state index contributed by atoms with van der Waals surface area (Å²) in [6.45, 7) is 3.54. The normalized spacial score (nSPS) is 20.9. The number of benzene rings is 1. The van der Waals surface area contributed by atoms with E-state index < -0.39 is 0 Å². The summed E-state index contributed by atoms with van der Waals surface area (Å²) in [7, 11) is 0. The third-order valence-corrected chi connectivity index (χ3v) is 4.73. The summed E-state index contributed by atoms with van der Waals surface area (Å²) in [5.74, 6) is 0.626. The summed E-state index contributed by atoms with van der Waals surface area (Å²) >= 11 is 0. The fourth-order valence-electron chi connectivity index (χ4n) is 3.39. The van der Waals surface area contributed by atoms with E-state index in [1.165, 1.54) is 25.3 Å². The number of pyridine rings is 1. The molecule has 0 spiro atoms. The van der Waals surface area contributed by atoms with Crippen molar-refractivity contribution in [3.63, 3.8) is 0 Å². The van der Waals surface area contributed by atoms with E-state index in [2.05, 4.69) is 17.2 Å². The van der Waals surface area contributed by atoms with Gasteiger partial charge in [0.15, 0.2) is 0 Å². The zero-order chi connectivity index (χ0) is 16.9. The molecular formula is C18H23N3O3. The van der Waals surface area contributed by atoms with Gasteiger partial charge in [0.05, 0.1) is 28.7 Å². The van der Waals surface area contributed by atoms with Crippen LogP contribution >= 0.6 is 0 Å². The van der Waals surface area contributed by atoms with E-state index in [1.54, 1.807) is 24.4 Å². The first-order valence-corrected chi connectivity index (χ1v) is 8.54. The van der Waals surface area contributed by atoms with Crippen LogP contribution in [0, 0.1) is 16.0 Å². The SMILES string of the molecule is C[C@H]1CCCC[C@@H]1OCCNc1ccc([N+](=O)[O-])c2cccnc12. The van der Waals surface area contributed by atoms with Crippen LogP contribution in [0.25, 0.3) is 10.9 Å². The Morgan fingerprint density at radius 1 is 1.33 bits per heavy atom. The Bertz CT molecular complexity index is 720. The maximum atomic E-state index is 11.1. The lowest BCUT2D eigenvalue weighted by atomic mass is 9.88. The summed E-state index contributed by atoms with van der Waals surface area (Å²) < 4.78 is 6.00. The molecule has 1 N–H and O–H groups in total. The van der Waals surface area contributed by atoms with Crippen LogP contribution in [-0.2, 0) is 4.74 Å². The molecule has 3 rings (SSSR count). The van der Waals surface area contributed by atoms with Crippen molar-refractivity contribution in [1.82, 2.24) is 4.98 Å². The Morgan fingerprint density at radius 3 is 2.96 bits per heavy atom. The number of hydrogen-bond acceptors (Lipinski definition) is 5. The second kappa shape index (κ2) is 7.57. The van der Waals surface area contributed by atoms with Gasteiger partial charge in [-0.3, -0.25) is 15.1 Å². The van der Waals surface area contributed by atoms with Crippen molar-refractivity contribution in [2.45, 2.75) is 38.7 Å². The molecule has 6 heteroatoms. The van der Waals surface area contributed by atoms with Gasteiger partial charge in [-0.25, -0.2) is 0 Å². The summed E-state index contributed by atoms with van der Waals surface area (Å²) in [5, 5.41) is 15.0. The Morgan fingerprint density at radius 2 is 2.17 bits per heavy atom. The van der Waals surface area contributed by atoms with Crippen molar-refractivity contribution in [2.24, 2.45) is 5.92 Å². The van der Waals surface area contributed by atoms with Gasteiger partial charge in [0, 0.05) is 18.8 Å². The second-order valence-corrected chi connectivity index (χ2v) is 6.39. The van der Waals surface area contributed by atoms with Crippen molar-refractivity contribution < 1.29 is 9.66 Å². The molecule has 1 aromatic carbocycles. The molecule has 0 radical (unpaired) electrons. The van der Waals surface area contributed by atoms with Crippen LogP contribution in [0.2, 0.25) is 0 Å². The smallest absolute Gasteiger partial charge is 0.278 e. The van der Waals surface area contributed by atoms with E-state index in [4.69, 9.17) is 4.74 Å². The third-order valence-electron chi connectivity index (χ3n) is 4.73. The first kappa shape index (κ1) is 16.6. The lowest BCUT2D eigenvalue weighted by Crippen LogP contribution is -2.27. The van der Waals surface area contributed by atoms with Gasteiger partial charge in [0.1, 0.15) is 5.52 Å². The monoisotopic (exact) mass is 329 g/mol. The molecule has 0 unspecified atom stereocenters. The van der Waals surface area contributed by atoms with Crippen LogP contribution < -0.4 is 5.32 Å². The lowest BCUT2D eigenvalue weighted by Gasteiger charge is -2.28. The average molecular weight is 329 g/mol. The molecule has 1 aromatic heterocycles. The topological polar surface area (TPSA) is 77.3 Å². The highest BCUT2D eigenvalue weighted by atomic mass is 16.6. The predicted octanol–water partition coefficient (Wildman–Crippen LogP) is 4.15. The molecule has 128 valence electrons. The molecule has 1 aliphatic carbocycles. The van der Waals surface area contributed by atoms with Crippen LogP contribution in [0.4, 0.5) is 11.4 Å². The predicted molar refractivity (Wildman–Crippen MR) is 94.3 cm³/mol. The summed E-state index contributed by atoms with van der Waals surface area (Å²) in [6, 6.07) is 6.69. The highest BCUT2D eigenvalue weighted by Crippen LogP contribution is 2.30. The highest BCUT2D eigenvalue weighted by Gasteiger charge is 2.21. The van der Waals surface area contributed by atoms with Gasteiger partial charge in [0.2, 0.25) is 0 Å². The summed E-state index contributed by atoms with van der Waals surface area (Å²) in [4.78, 5) is 15.1. The summed E-state index contributed by atoms with van der Waals surface area (Å²) in [5.41, 5.74) is 1.50. The van der Waals surface area contributed by atoms with Crippen molar-refractivity contribution in [3.8, 4) is 0 Å². The zero-order valence-corrected chi connectivity index (χ0v) is 13.9. The number of non-ortho nitro benzene ring substituents is 1. The molecule has 0 saturated heterocycles. The van der Waals surface area contributed by atoms with E-state index >= 15 is 0 Å². The van der Waals surface area contributed by atoms with Gasteiger partial charge < -0.3 is 10.1 Å². The van der Waals surface area contributed by atoms with Crippen LogP contribution in [0.3, 0.4) is 0 Å². The van der Waals surface area contributed by atoms with Crippen LogP contribution in [0.1, 0.15) is 32.6 Å². The Balaban J connectivity index is 1.63. The maximum Gasteiger partial charge on any atom is 0.278 e. The van der Waals surface area contributed by atoms with Crippen LogP contribution in [0.5, 0.6) is 0 Å². The number of hydrogen-bond donors (Lipinski definition) is 1. The Kier molecular flexibility index (Phi) is 5.25. The third kappa shape index (κ3) is 3.64. The number of ether oxygens (including phenoxy) is 1. The minimum absolute atomic E-state index is 0.0796. The van der Waals surface area contributed by atoms with Crippen LogP contribution in [0.15, 0.2) is 30.5 Å². The molecule has 1 fully saturated rings. The number of nitro benzene ring substituents is 1. The van der Waals surface area contributed by atoms with Crippen molar-refractivity contribution in [1.29, 1.82) is 0 Å². The minimum Gasteiger partial charge on any atom is -0.381 e. The van der Waals surface area contributed by atoms with Gasteiger partial charge in [-0.1, -0.05) is 19.8 Å². The molecule has 1 saturated carbocycles. The first-order valence-electron chi connectivity index (χ1n) is 8.54. The molecule has 0 aliphatic heterocycles. The Hall–Kier alpha value is -2.21. The number of fused-ring (bicyclic) bond motifs is 1. The van der Waals surface area contributed by atoms with Gasteiger partial charge >= 0.3 is 0 Å². The molecule has 24 heavy (non-hydrogen) atoms. The number of nitrogens with zero attached hydrogens (tertiary/aromatic N) is 2. The van der Waals surface area contributed by atoms with Crippen molar-refractivity contribution in [3.05, 3.63) is 40.6 Å². The molecule has 1 heterocycles. The van der Waals surface area contributed by atoms with Crippen LogP contribution in [-0.4, -0.2) is 29.2 Å². The highest BCUT2D eigenvalue weighted by molar-refractivity contribution is 5.96. The lowest BCUT2D eigenvalue weighted by molar-refractivity contribution is -0.383. The first-order chi connectivity index (χ1) is 11.7. The molecule has 6 nitrogen and oxygen atoms in total. The van der Waals surface area contributed by atoms with E-state index in [1.807, 2.05) is 0 Å². The summed E-state index contributed by atoms with van der Waals surface area (Å²) in [6.07, 6.45) is 6.95. The average Bonchev–Trinajstić information content (AvgIpc) is 2.59. The fourth-order valence-corrected chi connectivity index (χ4v) is 3.39. The number of anilines is 1. The molecule has 0 amide bonds. The van der Waals surface area contributed by atoms with Crippen molar-refractivity contribution in [2.75, 3.05) is 18.5 Å². The zero-order valence-electron chi connectivity index (χ0n) is 13.9. The van der Waals surface area contributed by atoms with Gasteiger partial charge in [-0.05, 0) is 37.0 Å². The van der Waals surface area contributed by atoms with E-state index in [0.717, 1.165) is 12.1 Å². The largest absolute Gasteiger partial charge is 0.381 e. The van der Waals surface area contributed by atoms with Gasteiger partial charge in [0.25, 0.3) is 5.69 Å². The number of rotatable bonds is 6. The number of nitrogens with one attached hydrogen (secondary N) is 1. The number of nitro groups is 1. The second-order valence-electron chi connectivity index (χ2n) is 6.39. The molecule has 2 atom stereocenters. The quantitative estimate of drug-likeness (QED) is 0.489. The molecule has 0 bridgehead atoms. The van der Waals surface area contributed by atoms with E-state index in [-0.39, 0.29) is 10.6 Å². The van der Waals surface area contributed by atoms with Gasteiger partial charge in [-0.15, -0.1) is 0 Å². The van der Waals surface area contributed by atoms with Gasteiger partial charge in [-0.2, -0.15) is 0 Å². The molecule has 1 aliphatic rings. The van der Waals surface area contributed by atoms with E-state index in [0.29, 0.717) is 36.1 Å². The van der Waals surface area contributed by atoms with E-state index in [9.17, 15) is 10.1 Å². The maximum absolute atomic E-state index is 11.1. The Labute approximate surface area is 141 Å².